The molecule has 2 heterocycles. The number of rotatable bonds is 2. The molecule has 5 heteroatoms. The van der Waals surface area contributed by atoms with E-state index >= 15 is 0 Å². The first-order valence-corrected chi connectivity index (χ1v) is 8.24. The Hall–Kier alpha value is -2.20. The van der Waals surface area contributed by atoms with E-state index in [9.17, 15) is 4.79 Å². The smallest absolute Gasteiger partial charge is 0.242 e. The second-order valence-corrected chi connectivity index (χ2v) is 6.20. The number of para-hydroxylation sites is 2. The predicted molar refractivity (Wildman–Crippen MR) is 100.0 cm³/mol. The van der Waals surface area contributed by atoms with Crippen molar-refractivity contribution in [2.75, 3.05) is 36.4 Å². The van der Waals surface area contributed by atoms with E-state index in [1.807, 2.05) is 17.0 Å². The fourth-order valence-electron chi connectivity index (χ4n) is 3.48. The van der Waals surface area contributed by atoms with Crippen LogP contribution in [0.2, 0.25) is 0 Å². The van der Waals surface area contributed by atoms with E-state index in [2.05, 4.69) is 46.6 Å². The highest BCUT2D eigenvalue weighted by Gasteiger charge is 2.24. The van der Waals surface area contributed by atoms with Crippen LogP contribution in [-0.4, -0.2) is 37.0 Å². The van der Waals surface area contributed by atoms with Gasteiger partial charge in [-0.25, -0.2) is 0 Å². The van der Waals surface area contributed by atoms with Crippen LogP contribution >= 0.6 is 12.4 Å². The topological polar surface area (TPSA) is 35.6 Å². The summed E-state index contributed by atoms with van der Waals surface area (Å²) >= 11 is 0. The van der Waals surface area contributed by atoms with Crippen LogP contribution in [0.4, 0.5) is 11.4 Å². The van der Waals surface area contributed by atoms with Crippen LogP contribution in [0.3, 0.4) is 0 Å². The Bertz CT molecular complexity index is 734. The largest absolute Gasteiger partial charge is 0.382 e. The molecule has 1 amide bonds. The molecule has 0 aromatic heterocycles. The van der Waals surface area contributed by atoms with Gasteiger partial charge in [0.1, 0.15) is 0 Å². The molecule has 2 aliphatic heterocycles. The molecule has 0 bridgehead atoms. The summed E-state index contributed by atoms with van der Waals surface area (Å²) in [5.41, 5.74) is 4.91. The third-order valence-electron chi connectivity index (χ3n) is 4.75. The number of hydrogen-bond acceptors (Lipinski definition) is 3. The standard InChI is InChI=1S/C19H21N3O.ClH/c23-19(22-11-9-15-5-1-2-6-16(15)13-22)14-21-12-10-20-17-7-3-4-8-18(17)21;/h1-8,20H,9-14H2;1H. The van der Waals surface area contributed by atoms with Gasteiger partial charge in [0.15, 0.2) is 0 Å². The fourth-order valence-corrected chi connectivity index (χ4v) is 3.48. The third-order valence-corrected chi connectivity index (χ3v) is 4.75. The average molecular weight is 344 g/mol. The van der Waals surface area contributed by atoms with Crippen molar-refractivity contribution < 1.29 is 4.79 Å². The zero-order valence-electron chi connectivity index (χ0n) is 13.6. The molecule has 4 rings (SSSR count). The zero-order valence-corrected chi connectivity index (χ0v) is 14.4. The molecule has 126 valence electrons. The molecule has 0 spiro atoms. The number of carbonyl (C=O) groups is 1. The summed E-state index contributed by atoms with van der Waals surface area (Å²) in [7, 11) is 0. The van der Waals surface area contributed by atoms with Crippen LogP contribution < -0.4 is 10.2 Å². The van der Waals surface area contributed by atoms with Crippen LogP contribution in [-0.2, 0) is 17.8 Å². The maximum Gasteiger partial charge on any atom is 0.242 e. The van der Waals surface area contributed by atoms with Gasteiger partial charge in [-0.3, -0.25) is 4.79 Å². The van der Waals surface area contributed by atoms with Crippen LogP contribution in [0.15, 0.2) is 48.5 Å². The number of fused-ring (bicyclic) bond motifs is 2. The number of carbonyl (C=O) groups excluding carboxylic acids is 1. The van der Waals surface area contributed by atoms with Gasteiger partial charge < -0.3 is 15.1 Å². The maximum absolute atomic E-state index is 12.7. The molecule has 0 radical (unpaired) electrons. The first-order chi connectivity index (χ1) is 11.3. The molecule has 0 aliphatic carbocycles. The van der Waals surface area contributed by atoms with E-state index < -0.39 is 0 Å². The molecular formula is C19H22ClN3O. The predicted octanol–water partition coefficient (Wildman–Crippen LogP) is 2.93. The number of halogens is 1. The Morgan fingerprint density at radius 1 is 1.00 bits per heavy atom. The van der Waals surface area contributed by atoms with Crippen molar-refractivity contribution in [3.05, 3.63) is 59.7 Å². The molecule has 0 atom stereocenters. The van der Waals surface area contributed by atoms with Crippen molar-refractivity contribution in [3.63, 3.8) is 0 Å². The van der Waals surface area contributed by atoms with Crippen molar-refractivity contribution >= 4 is 29.7 Å². The van der Waals surface area contributed by atoms with E-state index in [1.165, 1.54) is 11.1 Å². The number of benzene rings is 2. The second kappa shape index (κ2) is 7.14. The van der Waals surface area contributed by atoms with Gasteiger partial charge in [0.05, 0.1) is 17.9 Å². The molecule has 24 heavy (non-hydrogen) atoms. The lowest BCUT2D eigenvalue weighted by molar-refractivity contribution is -0.130. The van der Waals surface area contributed by atoms with E-state index in [0.717, 1.165) is 44.0 Å². The Kier molecular flexibility index (Phi) is 4.95. The van der Waals surface area contributed by atoms with Gasteiger partial charge in [-0.15, -0.1) is 12.4 Å². The van der Waals surface area contributed by atoms with E-state index in [4.69, 9.17) is 0 Å². The average Bonchev–Trinajstić information content (AvgIpc) is 2.61. The van der Waals surface area contributed by atoms with Gasteiger partial charge in [0.2, 0.25) is 5.91 Å². The van der Waals surface area contributed by atoms with Crippen LogP contribution in [0.25, 0.3) is 0 Å². The lowest BCUT2D eigenvalue weighted by atomic mass is 10.00. The molecular weight excluding hydrogens is 322 g/mol. The summed E-state index contributed by atoms with van der Waals surface area (Å²) in [6, 6.07) is 16.6. The Labute approximate surface area is 148 Å². The van der Waals surface area contributed by atoms with Crippen molar-refractivity contribution in [2.45, 2.75) is 13.0 Å². The van der Waals surface area contributed by atoms with E-state index in [0.29, 0.717) is 6.54 Å². The highest BCUT2D eigenvalue weighted by Crippen LogP contribution is 2.28. The van der Waals surface area contributed by atoms with Crippen molar-refractivity contribution in [3.8, 4) is 0 Å². The Balaban J connectivity index is 0.00000169. The molecule has 1 N–H and O–H groups in total. The van der Waals surface area contributed by atoms with Crippen LogP contribution in [0, 0.1) is 0 Å². The highest BCUT2D eigenvalue weighted by molar-refractivity contribution is 5.85. The molecule has 0 fully saturated rings. The number of anilines is 2. The molecule has 0 unspecified atom stereocenters. The van der Waals surface area contributed by atoms with Crippen molar-refractivity contribution in [1.82, 2.24) is 4.90 Å². The molecule has 2 aromatic rings. The number of hydrogen-bond donors (Lipinski definition) is 1. The summed E-state index contributed by atoms with van der Waals surface area (Å²) in [6.45, 7) is 3.77. The van der Waals surface area contributed by atoms with Gasteiger partial charge in [-0.05, 0) is 29.7 Å². The van der Waals surface area contributed by atoms with Gasteiger partial charge in [0.25, 0.3) is 0 Å². The fraction of sp³-hybridized carbons (Fsp3) is 0.316. The summed E-state index contributed by atoms with van der Waals surface area (Å²) in [5.74, 6) is 0.219. The van der Waals surface area contributed by atoms with Gasteiger partial charge in [0, 0.05) is 26.2 Å². The number of nitrogens with zero attached hydrogens (tertiary/aromatic N) is 2. The second-order valence-electron chi connectivity index (χ2n) is 6.20. The summed E-state index contributed by atoms with van der Waals surface area (Å²) < 4.78 is 0. The lowest BCUT2D eigenvalue weighted by Gasteiger charge is -2.35. The molecule has 0 saturated heterocycles. The minimum atomic E-state index is 0. The minimum Gasteiger partial charge on any atom is -0.382 e. The van der Waals surface area contributed by atoms with Crippen molar-refractivity contribution in [2.24, 2.45) is 0 Å². The quantitative estimate of drug-likeness (QED) is 0.910. The van der Waals surface area contributed by atoms with E-state index in [1.54, 1.807) is 0 Å². The minimum absolute atomic E-state index is 0. The molecule has 0 saturated carbocycles. The molecule has 4 nitrogen and oxygen atoms in total. The highest BCUT2D eigenvalue weighted by atomic mass is 35.5. The van der Waals surface area contributed by atoms with Crippen molar-refractivity contribution in [1.29, 1.82) is 0 Å². The number of nitrogens with one attached hydrogen (secondary N) is 1. The lowest BCUT2D eigenvalue weighted by Crippen LogP contribution is -2.45. The first-order valence-electron chi connectivity index (χ1n) is 8.24. The van der Waals surface area contributed by atoms with E-state index in [-0.39, 0.29) is 18.3 Å². The van der Waals surface area contributed by atoms with Gasteiger partial charge >= 0.3 is 0 Å². The molecule has 2 aliphatic rings. The SMILES string of the molecule is Cl.O=C(CN1CCNc2ccccc21)N1CCc2ccccc2C1. The molecule has 2 aromatic carbocycles. The monoisotopic (exact) mass is 343 g/mol. The summed E-state index contributed by atoms with van der Waals surface area (Å²) in [5, 5.41) is 3.39. The van der Waals surface area contributed by atoms with Crippen LogP contribution in [0.1, 0.15) is 11.1 Å². The number of amides is 1. The maximum atomic E-state index is 12.7. The van der Waals surface area contributed by atoms with Crippen LogP contribution in [0.5, 0.6) is 0 Å². The van der Waals surface area contributed by atoms with Gasteiger partial charge in [-0.1, -0.05) is 36.4 Å². The zero-order chi connectivity index (χ0) is 15.6. The third kappa shape index (κ3) is 3.20. The summed E-state index contributed by atoms with van der Waals surface area (Å²) in [4.78, 5) is 16.9. The summed E-state index contributed by atoms with van der Waals surface area (Å²) in [6.07, 6.45) is 0.958. The normalized spacial score (nSPS) is 15.7. The first kappa shape index (κ1) is 16.7. The Morgan fingerprint density at radius 3 is 2.62 bits per heavy atom. The Morgan fingerprint density at radius 2 is 1.75 bits per heavy atom. The van der Waals surface area contributed by atoms with Gasteiger partial charge in [-0.2, -0.15) is 0 Å².